The summed E-state index contributed by atoms with van der Waals surface area (Å²) >= 11 is 0. The molecular weight excluding hydrogens is 324 g/mol. The Balaban J connectivity index is 2.93. The van der Waals surface area contributed by atoms with Crippen LogP contribution < -0.4 is 10.1 Å². The molecule has 1 amide bonds. The van der Waals surface area contributed by atoms with Crippen LogP contribution in [0.5, 0.6) is 5.75 Å². The van der Waals surface area contributed by atoms with E-state index in [1.807, 2.05) is 0 Å². The van der Waals surface area contributed by atoms with Gasteiger partial charge in [0.1, 0.15) is 17.0 Å². The number of methoxy groups -OCH3 is 1. The number of nitrogens with one attached hydrogen (secondary N) is 1. The number of ether oxygens (including phenoxy) is 3. The van der Waals surface area contributed by atoms with Crippen molar-refractivity contribution in [2.45, 2.75) is 33.0 Å². The van der Waals surface area contributed by atoms with Crippen molar-refractivity contribution in [1.29, 1.82) is 0 Å². The fourth-order valence-corrected chi connectivity index (χ4v) is 1.58. The van der Waals surface area contributed by atoms with Gasteiger partial charge in [0, 0.05) is 0 Å². The molecule has 0 heterocycles. The van der Waals surface area contributed by atoms with Gasteiger partial charge in [-0.1, -0.05) is 12.1 Å². The van der Waals surface area contributed by atoms with E-state index in [1.165, 1.54) is 30.3 Å². The summed E-state index contributed by atoms with van der Waals surface area (Å²) in [5.41, 5.74) is -0.429. The Hall–Kier alpha value is -2.64. The molecule has 0 aromatic heterocycles. The summed E-state index contributed by atoms with van der Waals surface area (Å²) in [7, 11) is 1.16. The van der Waals surface area contributed by atoms with Gasteiger partial charge in [0.2, 0.25) is 0 Å². The molecule has 0 fully saturated rings. The van der Waals surface area contributed by atoms with Crippen molar-refractivity contribution in [2.75, 3.05) is 7.11 Å². The van der Waals surface area contributed by atoms with Gasteiger partial charge in [0.25, 0.3) is 0 Å². The Bertz CT molecular complexity index is 606. The molecule has 0 aliphatic carbocycles. The Kier molecular flexibility index (Phi) is 6.69. The van der Waals surface area contributed by atoms with Crippen molar-refractivity contribution in [3.63, 3.8) is 0 Å². The number of carbonyl (C=O) groups excluding carboxylic acids is 2. The molecule has 0 bridgehead atoms. The number of benzene rings is 1. The van der Waals surface area contributed by atoms with Gasteiger partial charge in [0.15, 0.2) is 0 Å². The SMILES string of the molecule is COC(=O)/C(=C/c1ccc(OC(F)F)cc1)NC(=O)OC(C)(C)C. The van der Waals surface area contributed by atoms with Gasteiger partial charge >= 0.3 is 18.7 Å². The molecule has 0 saturated heterocycles. The minimum atomic E-state index is -2.93. The van der Waals surface area contributed by atoms with Gasteiger partial charge in [-0.25, -0.2) is 9.59 Å². The summed E-state index contributed by atoms with van der Waals surface area (Å²) < 4.78 is 38.1. The average molecular weight is 343 g/mol. The van der Waals surface area contributed by atoms with E-state index in [9.17, 15) is 18.4 Å². The predicted molar refractivity (Wildman–Crippen MR) is 82.4 cm³/mol. The summed E-state index contributed by atoms with van der Waals surface area (Å²) in [5, 5.41) is 2.29. The molecule has 8 heteroatoms. The van der Waals surface area contributed by atoms with Crippen molar-refractivity contribution in [3.05, 3.63) is 35.5 Å². The van der Waals surface area contributed by atoms with Crippen LogP contribution in [0.3, 0.4) is 0 Å². The lowest BCUT2D eigenvalue weighted by Crippen LogP contribution is -2.34. The van der Waals surface area contributed by atoms with Crippen molar-refractivity contribution in [1.82, 2.24) is 5.32 Å². The minimum absolute atomic E-state index is 0.0260. The maximum atomic E-state index is 12.1. The van der Waals surface area contributed by atoms with Crippen molar-refractivity contribution in [3.8, 4) is 5.75 Å². The second kappa shape index (κ2) is 8.28. The zero-order chi connectivity index (χ0) is 18.3. The van der Waals surface area contributed by atoms with E-state index in [4.69, 9.17) is 4.74 Å². The first-order valence-electron chi connectivity index (χ1n) is 6.95. The van der Waals surface area contributed by atoms with E-state index in [0.717, 1.165) is 7.11 Å². The van der Waals surface area contributed by atoms with E-state index < -0.39 is 24.3 Å². The fourth-order valence-electron chi connectivity index (χ4n) is 1.58. The maximum Gasteiger partial charge on any atom is 0.412 e. The van der Waals surface area contributed by atoms with Crippen molar-refractivity contribution in [2.24, 2.45) is 0 Å². The smallest absolute Gasteiger partial charge is 0.412 e. The maximum absolute atomic E-state index is 12.1. The molecular formula is C16H19F2NO5. The number of amides is 1. The first-order valence-corrected chi connectivity index (χ1v) is 6.95. The normalized spacial score (nSPS) is 11.9. The molecule has 0 spiro atoms. The average Bonchev–Trinajstić information content (AvgIpc) is 2.45. The second-order valence-electron chi connectivity index (χ2n) is 5.62. The van der Waals surface area contributed by atoms with Crippen LogP contribution in [-0.2, 0) is 14.3 Å². The summed E-state index contributed by atoms with van der Waals surface area (Å²) in [5.74, 6) is -0.810. The second-order valence-corrected chi connectivity index (χ2v) is 5.62. The number of rotatable bonds is 5. The van der Waals surface area contributed by atoms with Gasteiger partial charge in [-0.2, -0.15) is 8.78 Å². The summed E-state index contributed by atoms with van der Waals surface area (Å²) in [6.07, 6.45) is 0.499. The quantitative estimate of drug-likeness (QED) is 0.656. The van der Waals surface area contributed by atoms with Crippen LogP contribution in [0.4, 0.5) is 13.6 Å². The highest BCUT2D eigenvalue weighted by molar-refractivity contribution is 5.96. The van der Waals surface area contributed by atoms with E-state index in [1.54, 1.807) is 20.8 Å². The van der Waals surface area contributed by atoms with Gasteiger partial charge in [-0.15, -0.1) is 0 Å². The molecule has 6 nitrogen and oxygen atoms in total. The van der Waals surface area contributed by atoms with E-state index in [-0.39, 0.29) is 11.4 Å². The largest absolute Gasteiger partial charge is 0.464 e. The molecule has 0 saturated carbocycles. The standard InChI is InChI=1S/C16H19F2NO5/c1-16(2,3)24-15(21)19-12(13(20)22-4)9-10-5-7-11(8-6-10)23-14(17)18/h5-9,14H,1-4H3,(H,19,21)/b12-9-. The molecule has 24 heavy (non-hydrogen) atoms. The number of carbonyl (C=O) groups is 2. The highest BCUT2D eigenvalue weighted by atomic mass is 19.3. The van der Waals surface area contributed by atoms with E-state index in [2.05, 4.69) is 14.8 Å². The Morgan fingerprint density at radius 3 is 2.21 bits per heavy atom. The van der Waals surface area contributed by atoms with Crippen LogP contribution in [0.25, 0.3) is 6.08 Å². The van der Waals surface area contributed by atoms with Gasteiger partial charge < -0.3 is 14.2 Å². The van der Waals surface area contributed by atoms with Crippen molar-refractivity contribution < 1.29 is 32.6 Å². The third-order valence-corrected chi connectivity index (χ3v) is 2.46. The molecule has 0 atom stereocenters. The molecule has 1 rings (SSSR count). The van der Waals surface area contributed by atoms with Crippen LogP contribution >= 0.6 is 0 Å². The summed E-state index contributed by atoms with van der Waals surface area (Å²) in [6.45, 7) is 2.10. The minimum Gasteiger partial charge on any atom is -0.464 e. The lowest BCUT2D eigenvalue weighted by molar-refractivity contribution is -0.136. The molecule has 1 aromatic carbocycles. The summed E-state index contributed by atoms with van der Waals surface area (Å²) in [4.78, 5) is 23.5. The van der Waals surface area contributed by atoms with E-state index in [0.29, 0.717) is 5.56 Å². The number of esters is 1. The van der Waals surface area contributed by atoms with Crippen LogP contribution in [0, 0.1) is 0 Å². The number of hydrogen-bond donors (Lipinski definition) is 1. The molecule has 0 aliphatic rings. The van der Waals surface area contributed by atoms with Crippen molar-refractivity contribution >= 4 is 18.1 Å². The number of alkyl halides is 2. The number of halogens is 2. The van der Waals surface area contributed by atoms with Gasteiger partial charge in [0.05, 0.1) is 7.11 Å². The molecule has 0 radical (unpaired) electrons. The molecule has 1 N–H and O–H groups in total. The highest BCUT2D eigenvalue weighted by Crippen LogP contribution is 2.17. The Morgan fingerprint density at radius 2 is 1.75 bits per heavy atom. The van der Waals surface area contributed by atoms with Crippen LogP contribution in [0.2, 0.25) is 0 Å². The lowest BCUT2D eigenvalue weighted by atomic mass is 10.2. The molecule has 132 valence electrons. The molecule has 0 aliphatic heterocycles. The fraction of sp³-hybridized carbons (Fsp3) is 0.375. The van der Waals surface area contributed by atoms with Crippen LogP contribution in [-0.4, -0.2) is 31.4 Å². The zero-order valence-corrected chi connectivity index (χ0v) is 13.8. The van der Waals surface area contributed by atoms with Gasteiger partial charge in [-0.3, -0.25) is 5.32 Å². The van der Waals surface area contributed by atoms with Crippen LogP contribution in [0.15, 0.2) is 30.0 Å². The Morgan fingerprint density at radius 1 is 1.17 bits per heavy atom. The topological polar surface area (TPSA) is 73.9 Å². The third-order valence-electron chi connectivity index (χ3n) is 2.46. The van der Waals surface area contributed by atoms with E-state index >= 15 is 0 Å². The lowest BCUT2D eigenvalue weighted by Gasteiger charge is -2.20. The summed E-state index contributed by atoms with van der Waals surface area (Å²) in [6, 6.07) is 5.50. The third kappa shape index (κ3) is 7.08. The van der Waals surface area contributed by atoms with Gasteiger partial charge in [-0.05, 0) is 44.5 Å². The van der Waals surface area contributed by atoms with Crippen LogP contribution in [0.1, 0.15) is 26.3 Å². The predicted octanol–water partition coefficient (Wildman–Crippen LogP) is 3.33. The zero-order valence-electron chi connectivity index (χ0n) is 13.8. The first kappa shape index (κ1) is 19.4. The monoisotopic (exact) mass is 343 g/mol. The Labute approximate surface area is 138 Å². The molecule has 1 aromatic rings. The first-order chi connectivity index (χ1) is 11.1. The number of alkyl carbamates (subject to hydrolysis) is 1. The molecule has 0 unspecified atom stereocenters. The number of hydrogen-bond acceptors (Lipinski definition) is 5. The highest BCUT2D eigenvalue weighted by Gasteiger charge is 2.20.